The van der Waals surface area contributed by atoms with Crippen molar-refractivity contribution in [2.24, 2.45) is 0 Å². The maximum Gasteiger partial charge on any atom is 0.185 e. The smallest absolute Gasteiger partial charge is 0.185 e. The second-order valence-electron chi connectivity index (χ2n) is 4.43. The van der Waals surface area contributed by atoms with Crippen LogP contribution in [0.25, 0.3) is 0 Å². The Kier molecular flexibility index (Phi) is 4.10. The van der Waals surface area contributed by atoms with Gasteiger partial charge in [-0.05, 0) is 31.3 Å². The van der Waals surface area contributed by atoms with Gasteiger partial charge in [0.25, 0.3) is 0 Å². The number of rotatable bonds is 4. The van der Waals surface area contributed by atoms with E-state index in [4.69, 9.17) is 4.43 Å². The van der Waals surface area contributed by atoms with Gasteiger partial charge in [0.15, 0.2) is 8.32 Å². The van der Waals surface area contributed by atoms with Crippen LogP contribution in [0.3, 0.4) is 0 Å². The molecule has 0 heterocycles. The fourth-order valence-electron chi connectivity index (χ4n) is 1.33. The lowest BCUT2D eigenvalue weighted by molar-refractivity contribution is 0.248. The van der Waals surface area contributed by atoms with Crippen molar-refractivity contribution in [2.45, 2.75) is 25.7 Å². The third kappa shape index (κ3) is 4.30. The Bertz CT molecular complexity index is 345. The first kappa shape index (κ1) is 12.0. The molecule has 0 amide bonds. The van der Waals surface area contributed by atoms with Crippen LogP contribution in [0, 0.1) is 0 Å². The lowest BCUT2D eigenvalue weighted by atomic mass is 10.1. The summed E-state index contributed by atoms with van der Waals surface area (Å²) in [7, 11) is -1.54. The van der Waals surface area contributed by atoms with Crippen molar-refractivity contribution in [1.29, 1.82) is 0 Å². The molecule has 0 aliphatic rings. The molecule has 1 nitrogen and oxygen atoms in total. The summed E-state index contributed by atoms with van der Waals surface area (Å²) in [6.45, 7) is 10.2. The Balaban J connectivity index is 2.89. The standard InChI is InChI=1S/C13H18OSi/c1-5-9-13(14-15(2,3)4)12-10-7-6-8-11-12/h6-11,13H,1H2,2-4H3/t13-/m0/s1. The zero-order valence-corrected chi connectivity index (χ0v) is 10.7. The third-order valence-corrected chi connectivity index (χ3v) is 2.84. The minimum absolute atomic E-state index is 0.00429. The molecule has 0 saturated heterocycles. The molecule has 0 aromatic heterocycles. The molecule has 80 valence electrons. The van der Waals surface area contributed by atoms with E-state index in [9.17, 15) is 0 Å². The SMILES string of the molecule is C=C=C[C@H](O[Si](C)(C)C)c1ccccc1. The Morgan fingerprint density at radius 2 is 1.87 bits per heavy atom. The lowest BCUT2D eigenvalue weighted by Crippen LogP contribution is -2.27. The fraction of sp³-hybridized carbons (Fsp3) is 0.308. The molecule has 0 unspecified atom stereocenters. The number of hydrogen-bond acceptors (Lipinski definition) is 1. The summed E-state index contributed by atoms with van der Waals surface area (Å²) in [6.07, 6.45) is 1.88. The quantitative estimate of drug-likeness (QED) is 0.550. The summed E-state index contributed by atoms with van der Waals surface area (Å²) < 4.78 is 6.05. The molecule has 0 bridgehead atoms. The van der Waals surface area contributed by atoms with E-state index in [0.29, 0.717) is 0 Å². The molecule has 1 rings (SSSR count). The van der Waals surface area contributed by atoms with Crippen LogP contribution in [0.15, 0.2) is 48.7 Å². The van der Waals surface area contributed by atoms with Gasteiger partial charge >= 0.3 is 0 Å². The molecule has 0 N–H and O–H groups in total. The molecule has 1 aromatic carbocycles. The molecule has 0 aliphatic heterocycles. The predicted octanol–water partition coefficient (Wildman–Crippen LogP) is 3.92. The van der Waals surface area contributed by atoms with Gasteiger partial charge in [0.05, 0.1) is 6.10 Å². The van der Waals surface area contributed by atoms with Crippen molar-refractivity contribution in [3.8, 4) is 0 Å². The first-order chi connectivity index (χ1) is 7.03. The highest BCUT2D eigenvalue weighted by molar-refractivity contribution is 6.69. The van der Waals surface area contributed by atoms with E-state index in [-0.39, 0.29) is 6.10 Å². The van der Waals surface area contributed by atoms with Gasteiger partial charge in [0.2, 0.25) is 0 Å². The van der Waals surface area contributed by atoms with Crippen LogP contribution in [-0.2, 0) is 4.43 Å². The van der Waals surface area contributed by atoms with Crippen LogP contribution < -0.4 is 0 Å². The zero-order valence-electron chi connectivity index (χ0n) is 9.66. The molecule has 2 heteroatoms. The van der Waals surface area contributed by atoms with E-state index in [0.717, 1.165) is 5.56 Å². The van der Waals surface area contributed by atoms with Gasteiger partial charge in [-0.3, -0.25) is 0 Å². The predicted molar refractivity (Wildman–Crippen MR) is 67.3 cm³/mol. The molecule has 1 atom stereocenters. The zero-order chi connectivity index (χ0) is 11.3. The summed E-state index contributed by atoms with van der Waals surface area (Å²) in [6, 6.07) is 10.2. The highest BCUT2D eigenvalue weighted by atomic mass is 28.4. The summed E-state index contributed by atoms with van der Waals surface area (Å²) in [5.74, 6) is 0. The molecular weight excluding hydrogens is 200 g/mol. The van der Waals surface area contributed by atoms with Crippen LogP contribution in [0.5, 0.6) is 0 Å². The van der Waals surface area contributed by atoms with Crippen molar-refractivity contribution in [3.63, 3.8) is 0 Å². The van der Waals surface area contributed by atoms with E-state index in [1.165, 1.54) is 0 Å². The van der Waals surface area contributed by atoms with Gasteiger partial charge in [-0.1, -0.05) is 36.9 Å². The topological polar surface area (TPSA) is 9.23 Å². The first-order valence-electron chi connectivity index (χ1n) is 5.11. The summed E-state index contributed by atoms with van der Waals surface area (Å²) >= 11 is 0. The summed E-state index contributed by atoms with van der Waals surface area (Å²) in [5.41, 5.74) is 3.97. The van der Waals surface area contributed by atoms with Gasteiger partial charge in [0, 0.05) is 0 Å². The Hall–Kier alpha value is -1.08. The van der Waals surface area contributed by atoms with Gasteiger partial charge in [-0.2, -0.15) is 0 Å². The van der Waals surface area contributed by atoms with Gasteiger partial charge in [-0.25, -0.2) is 0 Å². The lowest BCUT2D eigenvalue weighted by Gasteiger charge is -2.24. The second-order valence-corrected chi connectivity index (χ2v) is 8.89. The van der Waals surface area contributed by atoms with Crippen molar-refractivity contribution < 1.29 is 4.43 Å². The van der Waals surface area contributed by atoms with E-state index in [2.05, 4.69) is 44.1 Å². The van der Waals surface area contributed by atoms with Crippen LogP contribution in [0.4, 0.5) is 0 Å². The molecule has 0 radical (unpaired) electrons. The van der Waals surface area contributed by atoms with E-state index >= 15 is 0 Å². The monoisotopic (exact) mass is 218 g/mol. The molecule has 0 fully saturated rings. The van der Waals surface area contributed by atoms with Crippen LogP contribution in [0.1, 0.15) is 11.7 Å². The largest absolute Gasteiger partial charge is 0.407 e. The van der Waals surface area contributed by atoms with E-state index in [1.807, 2.05) is 24.3 Å². The maximum absolute atomic E-state index is 6.05. The van der Waals surface area contributed by atoms with Crippen molar-refractivity contribution in [3.05, 3.63) is 54.3 Å². The number of hydrogen-bond donors (Lipinski definition) is 0. The minimum Gasteiger partial charge on any atom is -0.407 e. The van der Waals surface area contributed by atoms with Crippen LogP contribution >= 0.6 is 0 Å². The Labute approximate surface area is 93.2 Å². The van der Waals surface area contributed by atoms with Crippen molar-refractivity contribution in [1.82, 2.24) is 0 Å². The van der Waals surface area contributed by atoms with Gasteiger partial charge < -0.3 is 4.43 Å². The highest BCUT2D eigenvalue weighted by Crippen LogP contribution is 2.22. The Morgan fingerprint density at radius 1 is 1.27 bits per heavy atom. The maximum atomic E-state index is 6.05. The summed E-state index contributed by atoms with van der Waals surface area (Å²) in [5, 5.41) is 0. The first-order valence-corrected chi connectivity index (χ1v) is 8.52. The van der Waals surface area contributed by atoms with Crippen LogP contribution in [0.2, 0.25) is 19.6 Å². The van der Waals surface area contributed by atoms with Crippen molar-refractivity contribution >= 4 is 8.32 Å². The molecular formula is C13H18OSi. The van der Waals surface area contributed by atoms with E-state index in [1.54, 1.807) is 0 Å². The minimum atomic E-state index is -1.54. The van der Waals surface area contributed by atoms with Crippen LogP contribution in [-0.4, -0.2) is 8.32 Å². The fourth-order valence-corrected chi connectivity index (χ4v) is 2.29. The van der Waals surface area contributed by atoms with E-state index < -0.39 is 8.32 Å². The summed E-state index contributed by atoms with van der Waals surface area (Å²) in [4.78, 5) is 0. The highest BCUT2D eigenvalue weighted by Gasteiger charge is 2.20. The van der Waals surface area contributed by atoms with Gasteiger partial charge in [-0.15, -0.1) is 5.73 Å². The van der Waals surface area contributed by atoms with Gasteiger partial charge in [0.1, 0.15) is 0 Å². The Morgan fingerprint density at radius 3 is 2.33 bits per heavy atom. The van der Waals surface area contributed by atoms with Crippen molar-refractivity contribution in [2.75, 3.05) is 0 Å². The molecule has 0 saturated carbocycles. The molecule has 15 heavy (non-hydrogen) atoms. The second kappa shape index (κ2) is 5.13. The molecule has 1 aromatic rings. The molecule has 0 aliphatic carbocycles. The number of benzene rings is 1. The normalized spacial score (nSPS) is 13.0. The molecule has 0 spiro atoms. The average molecular weight is 218 g/mol. The third-order valence-electron chi connectivity index (χ3n) is 1.88. The average Bonchev–Trinajstić information content (AvgIpc) is 2.17.